The van der Waals surface area contributed by atoms with Gasteiger partial charge in [0, 0.05) is 5.56 Å². The molecule has 1 aromatic heterocycles. The van der Waals surface area contributed by atoms with Crippen LogP contribution in [-0.4, -0.2) is 12.7 Å². The van der Waals surface area contributed by atoms with Gasteiger partial charge in [-0.2, -0.15) is 13.5 Å². The van der Waals surface area contributed by atoms with Crippen LogP contribution >= 0.6 is 23.2 Å². The number of pyridine rings is 1. The third kappa shape index (κ3) is 5.61. The van der Waals surface area contributed by atoms with Crippen LogP contribution in [0.15, 0.2) is 30.6 Å². The van der Waals surface area contributed by atoms with Gasteiger partial charge in [0.25, 0.3) is 0 Å². The molecule has 0 amide bonds. The van der Waals surface area contributed by atoms with Gasteiger partial charge < -0.3 is 14.7 Å². The van der Waals surface area contributed by atoms with E-state index in [9.17, 15) is 14.0 Å². The minimum atomic E-state index is -2.94. The summed E-state index contributed by atoms with van der Waals surface area (Å²) in [6.45, 7) is 0.624. The van der Waals surface area contributed by atoms with Crippen molar-refractivity contribution in [2.75, 3.05) is 0 Å². The van der Waals surface area contributed by atoms with Crippen LogP contribution < -0.4 is 14.2 Å². The molecule has 0 saturated carbocycles. The summed E-state index contributed by atoms with van der Waals surface area (Å²) in [7, 11) is 0. The van der Waals surface area contributed by atoms with Gasteiger partial charge in [-0.05, 0) is 44.4 Å². The Kier molecular flexibility index (Phi) is 6.67. The Bertz CT molecular complexity index is 719. The summed E-state index contributed by atoms with van der Waals surface area (Å²) >= 11 is 12.1. The lowest BCUT2D eigenvalue weighted by Gasteiger charge is -2.16. The number of alkyl halides is 2. The summed E-state index contributed by atoms with van der Waals surface area (Å²) in [6.07, 6.45) is 4.37. The zero-order valence-corrected chi connectivity index (χ0v) is 15.0. The van der Waals surface area contributed by atoms with Crippen molar-refractivity contribution in [1.29, 1.82) is 0 Å². The highest BCUT2D eigenvalue weighted by Gasteiger charge is 2.15. The average Bonchev–Trinajstić information content (AvgIpc) is 2.47. The van der Waals surface area contributed by atoms with E-state index in [2.05, 4.69) is 4.74 Å². The molecule has 8 heteroatoms. The average molecular weight is 391 g/mol. The number of rotatable bonds is 7. The van der Waals surface area contributed by atoms with Crippen LogP contribution in [-0.2, 0) is 6.42 Å². The lowest BCUT2D eigenvalue weighted by atomic mass is 10.0. The van der Waals surface area contributed by atoms with Crippen molar-refractivity contribution in [3.63, 3.8) is 0 Å². The fraction of sp³-hybridized carbons (Fsp3) is 0.294. The van der Waals surface area contributed by atoms with Crippen LogP contribution in [0.3, 0.4) is 0 Å². The van der Waals surface area contributed by atoms with Gasteiger partial charge in [-0.25, -0.2) is 0 Å². The van der Waals surface area contributed by atoms with Crippen molar-refractivity contribution >= 4 is 23.2 Å². The molecule has 1 radical (unpaired) electrons. The summed E-state index contributed by atoms with van der Waals surface area (Å²) in [5, 5.41) is 11.7. The summed E-state index contributed by atoms with van der Waals surface area (Å²) < 4.78 is 35.5. The van der Waals surface area contributed by atoms with E-state index >= 15 is 0 Å². The third-order valence-corrected chi connectivity index (χ3v) is 3.80. The summed E-state index contributed by atoms with van der Waals surface area (Å²) in [4.78, 5) is 0. The van der Waals surface area contributed by atoms with Crippen LogP contribution in [0.2, 0.25) is 10.0 Å². The van der Waals surface area contributed by atoms with E-state index in [0.29, 0.717) is 22.3 Å². The molecule has 1 heterocycles. The largest absolute Gasteiger partial charge is 0.619 e. The fourth-order valence-electron chi connectivity index (χ4n) is 2.14. The fourth-order valence-corrected chi connectivity index (χ4v) is 2.74. The van der Waals surface area contributed by atoms with E-state index in [4.69, 9.17) is 27.9 Å². The van der Waals surface area contributed by atoms with Crippen LogP contribution in [0.1, 0.15) is 25.0 Å². The van der Waals surface area contributed by atoms with Gasteiger partial charge in [0.1, 0.15) is 10.0 Å². The second-order valence-corrected chi connectivity index (χ2v) is 6.27. The molecule has 25 heavy (non-hydrogen) atoms. The second-order valence-electron chi connectivity index (χ2n) is 5.45. The van der Waals surface area contributed by atoms with Crippen molar-refractivity contribution in [2.45, 2.75) is 33.0 Å². The van der Waals surface area contributed by atoms with E-state index in [1.165, 1.54) is 18.5 Å². The number of halogens is 4. The number of hydrogen-bond acceptors (Lipinski definition) is 3. The van der Waals surface area contributed by atoms with E-state index < -0.39 is 6.61 Å². The van der Waals surface area contributed by atoms with Crippen LogP contribution in [0.4, 0.5) is 8.78 Å². The minimum Gasteiger partial charge on any atom is -0.619 e. The predicted molar refractivity (Wildman–Crippen MR) is 91.4 cm³/mol. The van der Waals surface area contributed by atoms with E-state index in [0.717, 1.165) is 0 Å². The molecular formula is C17H16Cl2F2NO3. The SMILES string of the molecule is CC(C)Oc1cc([CH]Cc2c(Cl)c[n+]([O-])cc2Cl)ccc1OC(F)F. The van der Waals surface area contributed by atoms with Gasteiger partial charge in [0.15, 0.2) is 23.9 Å². The van der Waals surface area contributed by atoms with E-state index in [1.807, 2.05) is 0 Å². The standard InChI is InChI=1S/C17H16Cl2F2NO3/c1-10(2)24-16-7-11(4-6-15(16)25-17(20)21)3-5-12-13(18)8-22(23)9-14(12)19/h3-4,6-10,17H,5H2,1-2H3. The smallest absolute Gasteiger partial charge is 0.387 e. The topological polar surface area (TPSA) is 45.4 Å². The minimum absolute atomic E-state index is 0.0379. The first-order valence-corrected chi connectivity index (χ1v) is 8.17. The molecule has 4 nitrogen and oxygen atoms in total. The van der Waals surface area contributed by atoms with Crippen LogP contribution in [0.5, 0.6) is 11.5 Å². The monoisotopic (exact) mass is 390 g/mol. The predicted octanol–water partition coefficient (Wildman–Crippen LogP) is 4.81. The number of aromatic nitrogens is 1. The van der Waals surface area contributed by atoms with Gasteiger partial charge in [0.2, 0.25) is 0 Å². The second kappa shape index (κ2) is 8.54. The summed E-state index contributed by atoms with van der Waals surface area (Å²) in [6, 6.07) is 4.62. The lowest BCUT2D eigenvalue weighted by molar-refractivity contribution is -0.605. The molecule has 0 spiro atoms. The number of benzene rings is 1. The first-order valence-electron chi connectivity index (χ1n) is 7.41. The van der Waals surface area contributed by atoms with Crippen molar-refractivity contribution in [2.24, 2.45) is 0 Å². The molecule has 0 bridgehead atoms. The van der Waals surface area contributed by atoms with Gasteiger partial charge in [0.05, 0.1) is 6.10 Å². The first-order chi connectivity index (χ1) is 11.8. The zero-order chi connectivity index (χ0) is 18.6. The molecule has 0 aliphatic heterocycles. The number of nitrogens with zero attached hydrogens (tertiary/aromatic N) is 1. The molecule has 0 atom stereocenters. The van der Waals surface area contributed by atoms with Crippen molar-refractivity contribution in [3.8, 4) is 11.5 Å². The van der Waals surface area contributed by atoms with Gasteiger partial charge in [-0.1, -0.05) is 29.3 Å². The maximum atomic E-state index is 12.5. The molecule has 0 fully saturated rings. The van der Waals surface area contributed by atoms with E-state index in [-0.39, 0.29) is 27.6 Å². The Morgan fingerprint density at radius 3 is 2.32 bits per heavy atom. The Balaban J connectivity index is 2.20. The highest BCUT2D eigenvalue weighted by Crippen LogP contribution is 2.32. The van der Waals surface area contributed by atoms with Gasteiger partial charge in [-0.15, -0.1) is 0 Å². The molecular weight excluding hydrogens is 375 g/mol. The molecule has 0 aliphatic rings. The molecule has 0 saturated heterocycles. The maximum Gasteiger partial charge on any atom is 0.387 e. The highest BCUT2D eigenvalue weighted by atomic mass is 35.5. The molecule has 2 rings (SSSR count). The third-order valence-electron chi connectivity index (χ3n) is 3.15. The highest BCUT2D eigenvalue weighted by molar-refractivity contribution is 6.35. The van der Waals surface area contributed by atoms with Gasteiger partial charge >= 0.3 is 6.61 Å². The van der Waals surface area contributed by atoms with Gasteiger partial charge in [-0.3, -0.25) is 0 Å². The van der Waals surface area contributed by atoms with Crippen molar-refractivity contribution in [3.05, 3.63) is 63.4 Å². The Hall–Kier alpha value is -1.79. The van der Waals surface area contributed by atoms with E-state index in [1.54, 1.807) is 32.4 Å². The van der Waals surface area contributed by atoms with Crippen LogP contribution in [0, 0.1) is 11.6 Å². The quantitative estimate of drug-likeness (QED) is 0.503. The molecule has 1 aromatic carbocycles. The zero-order valence-electron chi connectivity index (χ0n) is 13.5. The molecule has 0 unspecified atom stereocenters. The summed E-state index contributed by atoms with van der Waals surface area (Å²) in [5.41, 5.74) is 1.30. The lowest BCUT2D eigenvalue weighted by Crippen LogP contribution is -2.25. The normalized spacial score (nSPS) is 11.2. The molecule has 135 valence electrons. The molecule has 2 aromatic rings. The summed E-state index contributed by atoms with van der Waals surface area (Å²) in [5.74, 6) is 0.177. The maximum absolute atomic E-state index is 12.5. The Morgan fingerprint density at radius 2 is 1.76 bits per heavy atom. The Morgan fingerprint density at radius 1 is 1.12 bits per heavy atom. The van der Waals surface area contributed by atoms with Crippen LogP contribution in [0.25, 0.3) is 0 Å². The van der Waals surface area contributed by atoms with Crippen molar-refractivity contribution < 1.29 is 23.0 Å². The number of ether oxygens (including phenoxy) is 2. The number of hydrogen-bond donors (Lipinski definition) is 0. The molecule has 0 N–H and O–H groups in total. The van der Waals surface area contributed by atoms with Crippen molar-refractivity contribution in [1.82, 2.24) is 0 Å². The molecule has 0 aliphatic carbocycles. The Labute approximate surface area is 154 Å². The first kappa shape index (κ1) is 19.5.